The molecular weight excluding hydrogens is 182 g/mol. The van der Waals surface area contributed by atoms with Crippen molar-refractivity contribution in [3.05, 3.63) is 10.1 Å². The van der Waals surface area contributed by atoms with Crippen LogP contribution in [0.5, 0.6) is 0 Å². The summed E-state index contributed by atoms with van der Waals surface area (Å²) >= 11 is 1.19. The molecule has 0 aromatic carbocycles. The van der Waals surface area contributed by atoms with Crippen LogP contribution in [0.3, 0.4) is 0 Å². The molecule has 0 aromatic heterocycles. The van der Waals surface area contributed by atoms with E-state index in [1.165, 1.54) is 11.8 Å². The number of hydrogen-bond acceptors (Lipinski definition) is 5. The maximum Gasteiger partial charge on any atom is 0.296 e. The fourth-order valence-electron chi connectivity index (χ4n) is 0.992. The van der Waals surface area contributed by atoms with Crippen LogP contribution >= 0.6 is 11.8 Å². The Bertz CT molecular complexity index is 190. The molecule has 1 atom stereocenters. The number of nitro groups is 1. The normalized spacial score (nSPS) is 29.7. The quantitative estimate of drug-likeness (QED) is 0.365. The molecule has 5 nitrogen and oxygen atoms in total. The SMILES string of the molecule is O=CCC1([N+](=O)[O-])COCCS1. The van der Waals surface area contributed by atoms with Crippen molar-refractivity contribution in [2.45, 2.75) is 11.3 Å². The zero-order valence-electron chi connectivity index (χ0n) is 6.39. The van der Waals surface area contributed by atoms with Crippen LogP contribution in [-0.2, 0) is 9.53 Å². The molecule has 1 unspecified atom stereocenters. The zero-order chi connectivity index (χ0) is 9.03. The van der Waals surface area contributed by atoms with Crippen molar-refractivity contribution in [3.63, 3.8) is 0 Å². The summed E-state index contributed by atoms with van der Waals surface area (Å²) in [6.45, 7) is 0.558. The zero-order valence-corrected chi connectivity index (χ0v) is 7.21. The Morgan fingerprint density at radius 1 is 1.75 bits per heavy atom. The highest BCUT2D eigenvalue weighted by Crippen LogP contribution is 2.32. The standard InChI is InChI=1S/C6H9NO4S/c8-2-1-6(7(9)10)5-11-3-4-12-6/h2H,1,3-5H2. The molecule has 0 saturated carbocycles. The number of aldehydes is 1. The van der Waals surface area contributed by atoms with E-state index in [0.29, 0.717) is 18.6 Å². The third kappa shape index (κ3) is 1.75. The van der Waals surface area contributed by atoms with Gasteiger partial charge in [0.05, 0.1) is 13.0 Å². The van der Waals surface area contributed by atoms with Gasteiger partial charge in [0, 0.05) is 10.7 Å². The molecule has 0 amide bonds. The van der Waals surface area contributed by atoms with Crippen LogP contribution in [0.2, 0.25) is 0 Å². The first-order chi connectivity index (χ1) is 5.71. The Kier molecular flexibility index (Phi) is 3.05. The largest absolute Gasteiger partial charge is 0.372 e. The van der Waals surface area contributed by atoms with Gasteiger partial charge in [-0.25, -0.2) is 0 Å². The van der Waals surface area contributed by atoms with Crippen molar-refractivity contribution in [2.24, 2.45) is 0 Å². The molecule has 1 fully saturated rings. The molecule has 0 spiro atoms. The highest BCUT2D eigenvalue weighted by Gasteiger charge is 2.45. The van der Waals surface area contributed by atoms with Crippen LogP contribution in [0, 0.1) is 10.1 Å². The van der Waals surface area contributed by atoms with Crippen LogP contribution in [0.4, 0.5) is 0 Å². The Hall–Kier alpha value is -0.620. The minimum absolute atomic E-state index is 0.0312. The van der Waals surface area contributed by atoms with Gasteiger partial charge in [0.15, 0.2) is 0 Å². The van der Waals surface area contributed by atoms with Gasteiger partial charge in [0.25, 0.3) is 4.87 Å². The molecule has 0 N–H and O–H groups in total. The van der Waals surface area contributed by atoms with Gasteiger partial charge in [-0.1, -0.05) is 11.8 Å². The van der Waals surface area contributed by atoms with Crippen molar-refractivity contribution in [3.8, 4) is 0 Å². The summed E-state index contributed by atoms with van der Waals surface area (Å²) < 4.78 is 4.98. The molecule has 0 bridgehead atoms. The maximum absolute atomic E-state index is 10.6. The van der Waals surface area contributed by atoms with E-state index < -0.39 is 9.79 Å². The second-order valence-electron chi connectivity index (χ2n) is 2.48. The minimum Gasteiger partial charge on any atom is -0.372 e. The van der Waals surface area contributed by atoms with Gasteiger partial charge in [-0.05, 0) is 0 Å². The summed E-state index contributed by atoms with van der Waals surface area (Å²) in [4.78, 5) is 19.2. The van der Waals surface area contributed by atoms with Crippen LogP contribution in [0.15, 0.2) is 0 Å². The van der Waals surface area contributed by atoms with E-state index in [9.17, 15) is 14.9 Å². The van der Waals surface area contributed by atoms with Crippen LogP contribution in [0.25, 0.3) is 0 Å². The van der Waals surface area contributed by atoms with E-state index in [2.05, 4.69) is 0 Å². The fourth-order valence-corrected chi connectivity index (χ4v) is 2.03. The van der Waals surface area contributed by atoms with E-state index in [0.717, 1.165) is 0 Å². The number of ether oxygens (including phenoxy) is 1. The smallest absolute Gasteiger partial charge is 0.296 e. The molecule has 0 radical (unpaired) electrons. The van der Waals surface area contributed by atoms with Gasteiger partial charge in [-0.2, -0.15) is 0 Å². The lowest BCUT2D eigenvalue weighted by molar-refractivity contribution is -0.542. The number of thioether (sulfide) groups is 1. The molecule has 12 heavy (non-hydrogen) atoms. The van der Waals surface area contributed by atoms with E-state index >= 15 is 0 Å². The molecule has 0 aromatic rings. The Morgan fingerprint density at radius 2 is 2.50 bits per heavy atom. The van der Waals surface area contributed by atoms with Crippen molar-refractivity contribution in [1.29, 1.82) is 0 Å². The number of carbonyl (C=O) groups excluding carboxylic acids is 1. The lowest BCUT2D eigenvalue weighted by Crippen LogP contribution is -2.43. The molecular formula is C6H9NO4S. The topological polar surface area (TPSA) is 69.4 Å². The first kappa shape index (κ1) is 9.47. The summed E-state index contributed by atoms with van der Waals surface area (Å²) in [5.74, 6) is 0.578. The third-order valence-electron chi connectivity index (χ3n) is 1.66. The predicted octanol–water partition coefficient (Wildman–Crippen LogP) is 0.312. The van der Waals surface area contributed by atoms with Crippen LogP contribution in [-0.4, -0.2) is 35.0 Å². The Labute approximate surface area is 73.6 Å². The highest BCUT2D eigenvalue weighted by atomic mass is 32.2. The van der Waals surface area contributed by atoms with Gasteiger partial charge in [0.2, 0.25) is 0 Å². The third-order valence-corrected chi connectivity index (χ3v) is 3.00. The average molecular weight is 191 g/mol. The summed E-state index contributed by atoms with van der Waals surface area (Å²) in [5, 5.41) is 10.6. The van der Waals surface area contributed by atoms with E-state index in [1.54, 1.807) is 0 Å². The maximum atomic E-state index is 10.6. The molecule has 1 aliphatic heterocycles. The Balaban J connectivity index is 2.69. The molecule has 1 saturated heterocycles. The monoisotopic (exact) mass is 191 g/mol. The molecule has 68 valence electrons. The number of hydrogen-bond donors (Lipinski definition) is 0. The second kappa shape index (κ2) is 3.86. The van der Waals surface area contributed by atoms with Crippen molar-refractivity contribution in [1.82, 2.24) is 0 Å². The van der Waals surface area contributed by atoms with E-state index in [4.69, 9.17) is 4.74 Å². The molecule has 6 heteroatoms. The summed E-state index contributed by atoms with van der Waals surface area (Å²) in [7, 11) is 0. The van der Waals surface area contributed by atoms with Gasteiger partial charge in [0.1, 0.15) is 12.9 Å². The average Bonchev–Trinajstić information content (AvgIpc) is 2.06. The first-order valence-corrected chi connectivity index (χ1v) is 4.50. The van der Waals surface area contributed by atoms with Crippen LogP contribution < -0.4 is 0 Å². The first-order valence-electron chi connectivity index (χ1n) is 3.51. The van der Waals surface area contributed by atoms with Crippen molar-refractivity contribution >= 4 is 18.0 Å². The van der Waals surface area contributed by atoms with E-state index in [-0.39, 0.29) is 13.0 Å². The number of nitrogens with zero attached hydrogens (tertiary/aromatic N) is 1. The lowest BCUT2D eigenvalue weighted by atomic mass is 10.2. The molecule has 1 aliphatic rings. The van der Waals surface area contributed by atoms with Crippen molar-refractivity contribution < 1.29 is 14.5 Å². The molecule has 1 heterocycles. The minimum atomic E-state index is -1.22. The van der Waals surface area contributed by atoms with Gasteiger partial charge in [-0.3, -0.25) is 10.1 Å². The molecule has 0 aliphatic carbocycles. The molecule has 1 rings (SSSR count). The summed E-state index contributed by atoms with van der Waals surface area (Å²) in [6, 6.07) is 0. The highest BCUT2D eigenvalue weighted by molar-refractivity contribution is 8.00. The Morgan fingerprint density at radius 3 is 2.92 bits per heavy atom. The summed E-state index contributed by atoms with van der Waals surface area (Å²) in [6.07, 6.45) is 0.495. The summed E-state index contributed by atoms with van der Waals surface area (Å²) in [5.41, 5.74) is 0. The van der Waals surface area contributed by atoms with Crippen molar-refractivity contribution in [2.75, 3.05) is 19.0 Å². The number of carbonyl (C=O) groups is 1. The van der Waals surface area contributed by atoms with Gasteiger partial charge >= 0.3 is 0 Å². The van der Waals surface area contributed by atoms with Gasteiger partial charge < -0.3 is 9.53 Å². The number of rotatable bonds is 3. The lowest BCUT2D eigenvalue weighted by Gasteiger charge is -2.26. The second-order valence-corrected chi connectivity index (χ2v) is 3.93. The van der Waals surface area contributed by atoms with Gasteiger partial charge in [-0.15, -0.1) is 0 Å². The fraction of sp³-hybridized carbons (Fsp3) is 0.833. The van der Waals surface area contributed by atoms with Crippen LogP contribution in [0.1, 0.15) is 6.42 Å². The van der Waals surface area contributed by atoms with E-state index in [1.807, 2.05) is 0 Å². The predicted molar refractivity (Wildman–Crippen MR) is 43.7 cm³/mol.